The van der Waals surface area contributed by atoms with Gasteiger partial charge in [0, 0.05) is 18.8 Å². The molecular weight excluding hydrogens is 348 g/mol. The van der Waals surface area contributed by atoms with Gasteiger partial charge in [-0.1, -0.05) is 49.8 Å². The molecule has 0 unspecified atom stereocenters. The van der Waals surface area contributed by atoms with Crippen molar-refractivity contribution in [1.29, 1.82) is 0 Å². The average Bonchev–Trinajstić information content (AvgIpc) is 2.98. The van der Waals surface area contributed by atoms with Crippen molar-refractivity contribution >= 4 is 16.9 Å². The molecule has 0 aromatic carbocycles. The monoisotopic (exact) mass is 384 g/mol. The minimum atomic E-state index is 0.230. The number of rotatable bonds is 8. The van der Waals surface area contributed by atoms with Crippen molar-refractivity contribution in [2.24, 2.45) is 0 Å². The van der Waals surface area contributed by atoms with Gasteiger partial charge in [0.25, 0.3) is 0 Å². The molecule has 2 heterocycles. The van der Waals surface area contributed by atoms with E-state index < -0.39 is 0 Å². The van der Waals surface area contributed by atoms with Gasteiger partial charge in [-0.25, -0.2) is 9.97 Å². The number of aliphatic hydroxyl groups excluding tert-OH is 1. The van der Waals surface area contributed by atoms with E-state index in [-0.39, 0.29) is 6.61 Å². The van der Waals surface area contributed by atoms with Gasteiger partial charge in [0.05, 0.1) is 5.52 Å². The molecule has 3 N–H and O–H groups in total. The predicted molar refractivity (Wildman–Crippen MR) is 120 cm³/mol. The molecule has 5 heteroatoms. The average molecular weight is 385 g/mol. The summed E-state index contributed by atoms with van der Waals surface area (Å²) in [6, 6.07) is 0. The van der Waals surface area contributed by atoms with Gasteiger partial charge < -0.3 is 15.4 Å². The van der Waals surface area contributed by atoms with Gasteiger partial charge in [0.15, 0.2) is 5.82 Å². The lowest BCUT2D eigenvalue weighted by Crippen LogP contribution is -2.04. The van der Waals surface area contributed by atoms with Crippen LogP contribution in [-0.4, -0.2) is 26.2 Å². The van der Waals surface area contributed by atoms with Crippen LogP contribution in [-0.2, 0) is 6.54 Å². The highest BCUT2D eigenvalue weighted by Gasteiger charge is 2.14. The molecular formula is C23H36N4O. The minimum Gasteiger partial charge on any atom is -0.396 e. The molecule has 0 amide bonds. The minimum absolute atomic E-state index is 0.230. The molecule has 0 aliphatic rings. The number of pyridine rings is 1. The van der Waals surface area contributed by atoms with Crippen molar-refractivity contribution < 1.29 is 5.11 Å². The Labute approximate surface area is 169 Å². The number of fused-ring (bicyclic) bond motifs is 1. The molecule has 0 fully saturated rings. The van der Waals surface area contributed by atoms with E-state index in [1.165, 1.54) is 12.0 Å². The predicted octanol–water partition coefficient (Wildman–Crippen LogP) is 5.19. The van der Waals surface area contributed by atoms with Gasteiger partial charge in [-0.2, -0.15) is 0 Å². The van der Waals surface area contributed by atoms with Crippen LogP contribution in [0, 0.1) is 20.8 Å². The quantitative estimate of drug-likeness (QED) is 0.485. The number of nitrogens with zero attached hydrogens (tertiary/aromatic N) is 3. The molecule has 0 saturated carbocycles. The van der Waals surface area contributed by atoms with Gasteiger partial charge in [-0.15, -0.1) is 0 Å². The largest absolute Gasteiger partial charge is 0.396 e. The van der Waals surface area contributed by atoms with Crippen molar-refractivity contribution in [2.75, 3.05) is 12.3 Å². The maximum absolute atomic E-state index is 8.87. The zero-order valence-electron chi connectivity index (χ0n) is 18.1. The standard InChI is InChI=1S/C13H20N4O.C10H16/c1-8-9(2)15-13(14)11-12(8)17(10(3)16-11)6-4-5-7-18;1-4-6-7-9-10(3)8-5-2/h18H,4-7H2,1-3H3,(H2,14,15);4,6-7,9H,3,5,8H2,1-2H3/b;6-4-,9-7-. The normalized spacial score (nSPS) is 11.4. The third-order valence-electron chi connectivity index (χ3n) is 4.58. The molecule has 0 aliphatic carbocycles. The van der Waals surface area contributed by atoms with E-state index in [1.54, 1.807) is 0 Å². The molecule has 28 heavy (non-hydrogen) atoms. The Bertz CT molecular complexity index is 831. The number of nitrogens with two attached hydrogens (primary N) is 1. The van der Waals surface area contributed by atoms with Crippen LogP contribution in [0.2, 0.25) is 0 Å². The van der Waals surface area contributed by atoms with Gasteiger partial charge in [0.1, 0.15) is 11.3 Å². The molecule has 0 atom stereocenters. The fraction of sp³-hybridized carbons (Fsp3) is 0.478. The van der Waals surface area contributed by atoms with Gasteiger partial charge in [-0.05, 0) is 52.5 Å². The van der Waals surface area contributed by atoms with Crippen LogP contribution in [0.5, 0.6) is 0 Å². The van der Waals surface area contributed by atoms with E-state index in [9.17, 15) is 0 Å². The van der Waals surface area contributed by atoms with Crippen molar-refractivity contribution in [2.45, 2.75) is 66.8 Å². The Morgan fingerprint density at radius 1 is 1.18 bits per heavy atom. The number of unbranched alkanes of at least 4 members (excludes halogenated alkanes) is 1. The van der Waals surface area contributed by atoms with Crippen LogP contribution >= 0.6 is 0 Å². The summed E-state index contributed by atoms with van der Waals surface area (Å²) in [5.41, 5.74) is 11.1. The summed E-state index contributed by atoms with van der Waals surface area (Å²) >= 11 is 0. The molecule has 5 nitrogen and oxygen atoms in total. The summed E-state index contributed by atoms with van der Waals surface area (Å²) in [6.07, 6.45) is 12.1. The molecule has 0 aliphatic heterocycles. The van der Waals surface area contributed by atoms with E-state index in [4.69, 9.17) is 10.8 Å². The third kappa shape index (κ3) is 6.64. The number of imidazole rings is 1. The number of aryl methyl sites for hydroxylation is 4. The summed E-state index contributed by atoms with van der Waals surface area (Å²) in [7, 11) is 0. The van der Waals surface area contributed by atoms with E-state index >= 15 is 0 Å². The number of hydrogen-bond acceptors (Lipinski definition) is 4. The number of hydrogen-bond donors (Lipinski definition) is 2. The summed E-state index contributed by atoms with van der Waals surface area (Å²) < 4.78 is 2.17. The number of anilines is 1. The smallest absolute Gasteiger partial charge is 0.151 e. The summed E-state index contributed by atoms with van der Waals surface area (Å²) in [5.74, 6) is 1.45. The zero-order chi connectivity index (χ0) is 21.1. The van der Waals surface area contributed by atoms with E-state index in [0.717, 1.165) is 53.9 Å². The Kier molecular flexibility index (Phi) is 10.2. The van der Waals surface area contributed by atoms with E-state index in [1.807, 2.05) is 45.9 Å². The molecule has 154 valence electrons. The maximum atomic E-state index is 8.87. The van der Waals surface area contributed by atoms with Crippen LogP contribution in [0.15, 0.2) is 36.5 Å². The molecule has 2 aromatic heterocycles. The highest BCUT2D eigenvalue weighted by atomic mass is 16.2. The Balaban J connectivity index is 0.000000336. The fourth-order valence-corrected chi connectivity index (χ4v) is 2.97. The van der Waals surface area contributed by atoms with Crippen molar-refractivity contribution in [3.05, 3.63) is 53.5 Å². The second kappa shape index (κ2) is 12.1. The Morgan fingerprint density at radius 2 is 1.89 bits per heavy atom. The van der Waals surface area contributed by atoms with Crippen LogP contribution in [0.25, 0.3) is 11.0 Å². The first-order valence-electron chi connectivity index (χ1n) is 10.0. The summed E-state index contributed by atoms with van der Waals surface area (Å²) in [5, 5.41) is 8.87. The summed E-state index contributed by atoms with van der Waals surface area (Å²) in [4.78, 5) is 8.82. The second-order valence-corrected chi connectivity index (χ2v) is 6.94. The first kappa shape index (κ1) is 23.6. The molecule has 0 saturated heterocycles. The third-order valence-corrected chi connectivity index (χ3v) is 4.58. The number of aliphatic hydroxyl groups is 1. The highest BCUT2D eigenvalue weighted by Crippen LogP contribution is 2.26. The molecule has 2 aromatic rings. The SMILES string of the molecule is C=C(/C=C\C=C/C)CCC.Cc1nc(N)c2nc(C)n(CCCCO)c2c1C. The van der Waals surface area contributed by atoms with Gasteiger partial charge in [-0.3, -0.25) is 0 Å². The van der Waals surface area contributed by atoms with Crippen LogP contribution in [0.3, 0.4) is 0 Å². The molecule has 0 spiro atoms. The highest BCUT2D eigenvalue weighted by molar-refractivity contribution is 5.88. The molecule has 0 bridgehead atoms. The maximum Gasteiger partial charge on any atom is 0.151 e. The lowest BCUT2D eigenvalue weighted by molar-refractivity contribution is 0.281. The lowest BCUT2D eigenvalue weighted by Gasteiger charge is -2.09. The lowest BCUT2D eigenvalue weighted by atomic mass is 10.1. The molecule has 2 rings (SSSR count). The van der Waals surface area contributed by atoms with Crippen molar-refractivity contribution in [3.8, 4) is 0 Å². The first-order valence-corrected chi connectivity index (χ1v) is 10.0. The second-order valence-electron chi connectivity index (χ2n) is 6.94. The van der Waals surface area contributed by atoms with E-state index in [0.29, 0.717) is 5.82 Å². The van der Waals surface area contributed by atoms with Gasteiger partial charge >= 0.3 is 0 Å². The number of allylic oxidation sites excluding steroid dienone is 5. The van der Waals surface area contributed by atoms with Crippen LogP contribution in [0.1, 0.15) is 56.6 Å². The molecule has 0 radical (unpaired) electrons. The van der Waals surface area contributed by atoms with Gasteiger partial charge in [0.2, 0.25) is 0 Å². The Hall–Kier alpha value is -2.40. The first-order chi connectivity index (χ1) is 13.4. The summed E-state index contributed by atoms with van der Waals surface area (Å²) in [6.45, 7) is 15.1. The van der Waals surface area contributed by atoms with Crippen molar-refractivity contribution in [1.82, 2.24) is 14.5 Å². The van der Waals surface area contributed by atoms with Crippen molar-refractivity contribution in [3.63, 3.8) is 0 Å². The fourth-order valence-electron chi connectivity index (χ4n) is 2.97. The van der Waals surface area contributed by atoms with Crippen LogP contribution < -0.4 is 5.73 Å². The zero-order valence-corrected chi connectivity index (χ0v) is 18.1. The number of aromatic nitrogens is 3. The topological polar surface area (TPSA) is 77.0 Å². The Morgan fingerprint density at radius 3 is 2.50 bits per heavy atom. The van der Waals surface area contributed by atoms with E-state index in [2.05, 4.69) is 34.1 Å². The number of nitrogen functional groups attached to an aromatic ring is 1. The van der Waals surface area contributed by atoms with Crippen LogP contribution in [0.4, 0.5) is 5.82 Å².